The van der Waals surface area contributed by atoms with Gasteiger partial charge < -0.3 is 9.88 Å². The van der Waals surface area contributed by atoms with E-state index in [0.29, 0.717) is 12.3 Å². The minimum atomic E-state index is -0.0365. The highest BCUT2D eigenvalue weighted by atomic mass is 32.2. The van der Waals surface area contributed by atoms with Gasteiger partial charge in [-0.25, -0.2) is 0 Å². The highest BCUT2D eigenvalue weighted by Gasteiger charge is 2.12. The molecule has 2 rings (SSSR count). The van der Waals surface area contributed by atoms with Crippen molar-refractivity contribution in [2.24, 2.45) is 7.05 Å². The number of amides is 1. The summed E-state index contributed by atoms with van der Waals surface area (Å²) in [5.74, 6) is 1.11. The fraction of sp³-hybridized carbons (Fsp3) is 0.250. The van der Waals surface area contributed by atoms with Gasteiger partial charge in [0.25, 0.3) is 0 Å². The first-order valence-electron chi connectivity index (χ1n) is 5.66. The third-order valence-corrected chi connectivity index (χ3v) is 4.24. The van der Waals surface area contributed by atoms with E-state index >= 15 is 0 Å². The van der Waals surface area contributed by atoms with Crippen LogP contribution in [0.2, 0.25) is 0 Å². The maximum absolute atomic E-state index is 11.5. The number of hydrogen-bond donors (Lipinski definition) is 1. The van der Waals surface area contributed by atoms with Gasteiger partial charge in [-0.15, -0.1) is 28.1 Å². The standard InChI is InChI=1S/C12H14N4OS2/c1-3-6-13-10(17)8-19-12-15-14-11(16(12)2)9-5-4-7-18-9/h3-5,7H,1,6,8H2,2H3,(H,13,17). The lowest BCUT2D eigenvalue weighted by Gasteiger charge is -2.03. The summed E-state index contributed by atoms with van der Waals surface area (Å²) in [7, 11) is 1.90. The van der Waals surface area contributed by atoms with Crippen molar-refractivity contribution in [3.05, 3.63) is 30.2 Å². The van der Waals surface area contributed by atoms with E-state index in [1.807, 2.05) is 29.1 Å². The Morgan fingerprint density at radius 3 is 3.16 bits per heavy atom. The molecule has 2 aromatic heterocycles. The molecule has 2 aromatic rings. The van der Waals surface area contributed by atoms with Crippen molar-refractivity contribution in [3.8, 4) is 10.7 Å². The predicted octanol–water partition coefficient (Wildman–Crippen LogP) is 1.94. The molecule has 0 aliphatic heterocycles. The molecule has 2 heterocycles. The molecule has 100 valence electrons. The molecule has 0 radical (unpaired) electrons. The molecule has 0 bridgehead atoms. The number of aromatic nitrogens is 3. The van der Waals surface area contributed by atoms with Gasteiger partial charge in [0.1, 0.15) is 0 Å². The number of thioether (sulfide) groups is 1. The summed E-state index contributed by atoms with van der Waals surface area (Å²) in [5.41, 5.74) is 0. The van der Waals surface area contributed by atoms with Crippen LogP contribution in [0.15, 0.2) is 35.3 Å². The van der Waals surface area contributed by atoms with E-state index < -0.39 is 0 Å². The van der Waals surface area contributed by atoms with Crippen molar-refractivity contribution in [2.45, 2.75) is 5.16 Å². The van der Waals surface area contributed by atoms with Crippen molar-refractivity contribution in [1.29, 1.82) is 0 Å². The summed E-state index contributed by atoms with van der Waals surface area (Å²) in [5, 5.41) is 13.7. The van der Waals surface area contributed by atoms with Crippen LogP contribution in [0, 0.1) is 0 Å². The van der Waals surface area contributed by atoms with Crippen LogP contribution in [0.5, 0.6) is 0 Å². The second kappa shape index (κ2) is 6.53. The summed E-state index contributed by atoms with van der Waals surface area (Å²) >= 11 is 2.99. The molecule has 19 heavy (non-hydrogen) atoms. The van der Waals surface area contributed by atoms with Crippen LogP contribution in [-0.2, 0) is 11.8 Å². The van der Waals surface area contributed by atoms with E-state index in [1.165, 1.54) is 11.8 Å². The van der Waals surface area contributed by atoms with Crippen LogP contribution in [-0.4, -0.2) is 33.0 Å². The maximum atomic E-state index is 11.5. The summed E-state index contributed by atoms with van der Waals surface area (Å²) < 4.78 is 1.90. The van der Waals surface area contributed by atoms with E-state index in [2.05, 4.69) is 22.1 Å². The third kappa shape index (κ3) is 3.45. The molecule has 0 fully saturated rings. The molecule has 7 heteroatoms. The molecule has 5 nitrogen and oxygen atoms in total. The highest BCUT2D eigenvalue weighted by molar-refractivity contribution is 7.99. The molecule has 0 aliphatic carbocycles. The average molecular weight is 294 g/mol. The molecule has 1 amide bonds. The van der Waals surface area contributed by atoms with Gasteiger partial charge in [-0.2, -0.15) is 0 Å². The summed E-state index contributed by atoms with van der Waals surface area (Å²) in [6, 6.07) is 3.98. The average Bonchev–Trinajstić information content (AvgIpc) is 3.03. The van der Waals surface area contributed by atoms with Gasteiger partial charge in [0, 0.05) is 13.6 Å². The zero-order valence-electron chi connectivity index (χ0n) is 10.5. The van der Waals surface area contributed by atoms with Crippen LogP contribution in [0.25, 0.3) is 10.7 Å². The summed E-state index contributed by atoms with van der Waals surface area (Å²) in [6.07, 6.45) is 1.65. The molecular weight excluding hydrogens is 280 g/mol. The van der Waals surface area contributed by atoms with Gasteiger partial charge in [0.05, 0.1) is 10.6 Å². The Morgan fingerprint density at radius 1 is 1.63 bits per heavy atom. The Bertz CT molecular complexity index is 562. The summed E-state index contributed by atoms with van der Waals surface area (Å²) in [4.78, 5) is 12.6. The van der Waals surface area contributed by atoms with E-state index in [-0.39, 0.29) is 5.91 Å². The number of hydrogen-bond acceptors (Lipinski definition) is 5. The lowest BCUT2D eigenvalue weighted by Crippen LogP contribution is -2.25. The van der Waals surface area contributed by atoms with Crippen LogP contribution in [0.4, 0.5) is 0 Å². The number of rotatable bonds is 6. The molecule has 0 saturated heterocycles. The normalized spacial score (nSPS) is 10.4. The lowest BCUT2D eigenvalue weighted by molar-refractivity contribution is -0.118. The van der Waals surface area contributed by atoms with Gasteiger partial charge in [-0.3, -0.25) is 4.79 Å². The topological polar surface area (TPSA) is 59.8 Å². The zero-order valence-corrected chi connectivity index (χ0v) is 12.1. The van der Waals surface area contributed by atoms with Crippen LogP contribution < -0.4 is 5.32 Å². The molecule has 0 aromatic carbocycles. The van der Waals surface area contributed by atoms with Crippen LogP contribution in [0.1, 0.15) is 0 Å². The number of thiophene rings is 1. The molecule has 0 aliphatic rings. The minimum Gasteiger partial charge on any atom is -0.352 e. The number of carbonyl (C=O) groups excluding carboxylic acids is 1. The molecule has 0 spiro atoms. The van der Waals surface area contributed by atoms with Crippen molar-refractivity contribution >= 4 is 29.0 Å². The first-order chi connectivity index (χ1) is 9.22. The van der Waals surface area contributed by atoms with E-state index in [4.69, 9.17) is 0 Å². The SMILES string of the molecule is C=CCNC(=O)CSc1nnc(-c2cccs2)n1C. The van der Waals surface area contributed by atoms with Crippen molar-refractivity contribution in [2.75, 3.05) is 12.3 Å². The Labute approximate surface area is 119 Å². The van der Waals surface area contributed by atoms with Crippen LogP contribution in [0.3, 0.4) is 0 Å². The second-order valence-electron chi connectivity index (χ2n) is 3.72. The Hall–Kier alpha value is -1.60. The number of carbonyl (C=O) groups is 1. The smallest absolute Gasteiger partial charge is 0.230 e. The fourth-order valence-electron chi connectivity index (χ4n) is 1.43. The van der Waals surface area contributed by atoms with Gasteiger partial charge in [-0.05, 0) is 11.4 Å². The maximum Gasteiger partial charge on any atom is 0.230 e. The van der Waals surface area contributed by atoms with Gasteiger partial charge >= 0.3 is 0 Å². The van der Waals surface area contributed by atoms with Crippen molar-refractivity contribution in [3.63, 3.8) is 0 Å². The van der Waals surface area contributed by atoms with E-state index in [9.17, 15) is 4.79 Å². The fourth-order valence-corrected chi connectivity index (χ4v) is 2.91. The van der Waals surface area contributed by atoms with Crippen LogP contribution >= 0.6 is 23.1 Å². The van der Waals surface area contributed by atoms with E-state index in [1.54, 1.807) is 17.4 Å². The molecule has 0 saturated carbocycles. The zero-order chi connectivity index (χ0) is 13.7. The lowest BCUT2D eigenvalue weighted by atomic mass is 10.4. The largest absolute Gasteiger partial charge is 0.352 e. The third-order valence-electron chi connectivity index (χ3n) is 2.35. The van der Waals surface area contributed by atoms with Gasteiger partial charge in [-0.1, -0.05) is 23.9 Å². The Balaban J connectivity index is 1.99. The monoisotopic (exact) mass is 294 g/mol. The van der Waals surface area contributed by atoms with E-state index in [0.717, 1.165) is 15.9 Å². The number of nitrogens with zero attached hydrogens (tertiary/aromatic N) is 3. The molecule has 0 unspecified atom stereocenters. The van der Waals surface area contributed by atoms with Crippen molar-refractivity contribution < 1.29 is 4.79 Å². The minimum absolute atomic E-state index is 0.0365. The Kier molecular flexibility index (Phi) is 4.75. The second-order valence-corrected chi connectivity index (χ2v) is 5.61. The van der Waals surface area contributed by atoms with Gasteiger partial charge in [0.2, 0.25) is 5.91 Å². The summed E-state index contributed by atoms with van der Waals surface area (Å²) in [6.45, 7) is 4.03. The first kappa shape index (κ1) is 13.8. The molecular formula is C12H14N4OS2. The molecule has 0 atom stereocenters. The van der Waals surface area contributed by atoms with Gasteiger partial charge in [0.15, 0.2) is 11.0 Å². The Morgan fingerprint density at radius 2 is 2.47 bits per heavy atom. The first-order valence-corrected chi connectivity index (χ1v) is 7.52. The quantitative estimate of drug-likeness (QED) is 0.653. The highest BCUT2D eigenvalue weighted by Crippen LogP contribution is 2.25. The van der Waals surface area contributed by atoms with Crippen molar-refractivity contribution in [1.82, 2.24) is 20.1 Å². The predicted molar refractivity (Wildman–Crippen MR) is 78.2 cm³/mol. The number of nitrogens with one attached hydrogen (secondary N) is 1. The molecule has 1 N–H and O–H groups in total.